The van der Waals surface area contributed by atoms with Gasteiger partial charge in [0.1, 0.15) is 4.90 Å². The van der Waals surface area contributed by atoms with E-state index < -0.39 is 10.0 Å². The van der Waals surface area contributed by atoms with E-state index in [0.717, 1.165) is 25.8 Å². The fourth-order valence-corrected chi connectivity index (χ4v) is 4.23. The molecule has 20 heavy (non-hydrogen) atoms. The fourth-order valence-electron chi connectivity index (χ4n) is 2.61. The number of H-pyrrole nitrogens is 1. The first-order chi connectivity index (χ1) is 9.44. The summed E-state index contributed by atoms with van der Waals surface area (Å²) in [6.45, 7) is 7.26. The molecule has 0 unspecified atom stereocenters. The van der Waals surface area contributed by atoms with Gasteiger partial charge in [-0.05, 0) is 38.6 Å². The Balaban J connectivity index is 2.11. The lowest BCUT2D eigenvalue weighted by molar-refractivity contribution is 0.270. The van der Waals surface area contributed by atoms with Crippen molar-refractivity contribution in [2.45, 2.75) is 57.5 Å². The van der Waals surface area contributed by atoms with Gasteiger partial charge in [0.15, 0.2) is 0 Å². The van der Waals surface area contributed by atoms with Crippen LogP contribution < -0.4 is 10.0 Å². The molecular weight excluding hydrogens is 276 g/mol. The first kappa shape index (κ1) is 15.5. The van der Waals surface area contributed by atoms with Gasteiger partial charge in [0.05, 0.1) is 11.4 Å². The van der Waals surface area contributed by atoms with E-state index in [4.69, 9.17) is 0 Å². The molecular formula is C13H24N4O2S. The highest BCUT2D eigenvalue weighted by Gasteiger charge is 2.32. The summed E-state index contributed by atoms with van der Waals surface area (Å²) < 4.78 is 27.7. The van der Waals surface area contributed by atoms with Gasteiger partial charge in [0.2, 0.25) is 10.0 Å². The molecule has 2 rings (SSSR count). The molecule has 0 aromatic carbocycles. The van der Waals surface area contributed by atoms with Crippen LogP contribution in [-0.4, -0.2) is 31.2 Å². The predicted molar refractivity (Wildman–Crippen MR) is 77.8 cm³/mol. The van der Waals surface area contributed by atoms with Crippen LogP contribution in [0.2, 0.25) is 0 Å². The van der Waals surface area contributed by atoms with Crippen LogP contribution in [0.4, 0.5) is 0 Å². The van der Waals surface area contributed by atoms with Crippen LogP contribution in [0.1, 0.15) is 44.5 Å². The maximum atomic E-state index is 12.5. The number of aromatic nitrogens is 2. The van der Waals surface area contributed by atoms with Gasteiger partial charge in [-0.25, -0.2) is 13.1 Å². The number of sulfonamides is 1. The molecule has 1 aromatic rings. The van der Waals surface area contributed by atoms with Gasteiger partial charge >= 0.3 is 0 Å². The molecule has 0 aliphatic heterocycles. The number of nitrogens with one attached hydrogen (secondary N) is 3. The molecule has 6 nitrogen and oxygen atoms in total. The zero-order valence-electron chi connectivity index (χ0n) is 12.4. The molecule has 0 radical (unpaired) electrons. The largest absolute Gasteiger partial charge is 0.311 e. The summed E-state index contributed by atoms with van der Waals surface area (Å²) in [6.07, 6.45) is 2.84. The average Bonchev–Trinajstić information content (AvgIpc) is 2.69. The van der Waals surface area contributed by atoms with Crippen LogP contribution in [0.5, 0.6) is 0 Å². The van der Waals surface area contributed by atoms with Crippen LogP contribution in [0.3, 0.4) is 0 Å². The lowest BCUT2D eigenvalue weighted by Gasteiger charge is -2.32. The van der Waals surface area contributed by atoms with Crippen molar-refractivity contribution in [3.8, 4) is 0 Å². The van der Waals surface area contributed by atoms with Crippen LogP contribution in [0, 0.1) is 12.8 Å². The quantitative estimate of drug-likeness (QED) is 0.662. The number of hydrogen-bond acceptors (Lipinski definition) is 4. The Morgan fingerprint density at radius 3 is 2.70 bits per heavy atom. The molecule has 1 aliphatic rings. The van der Waals surface area contributed by atoms with Crippen LogP contribution >= 0.6 is 0 Å². The third-order valence-electron chi connectivity index (χ3n) is 3.64. The summed E-state index contributed by atoms with van der Waals surface area (Å²) in [5.41, 5.74) is 1.16. The van der Waals surface area contributed by atoms with Crippen molar-refractivity contribution in [1.29, 1.82) is 0 Å². The van der Waals surface area contributed by atoms with E-state index in [1.54, 1.807) is 6.92 Å². The van der Waals surface area contributed by atoms with Crippen molar-refractivity contribution in [3.63, 3.8) is 0 Å². The average molecular weight is 300 g/mol. The predicted octanol–water partition coefficient (Wildman–Crippen LogP) is 1.29. The highest BCUT2D eigenvalue weighted by Crippen LogP contribution is 2.28. The molecule has 7 heteroatoms. The van der Waals surface area contributed by atoms with Crippen molar-refractivity contribution in [3.05, 3.63) is 11.4 Å². The van der Waals surface area contributed by atoms with Gasteiger partial charge in [-0.1, -0.05) is 13.8 Å². The smallest absolute Gasteiger partial charge is 0.244 e. The van der Waals surface area contributed by atoms with E-state index in [2.05, 4.69) is 34.1 Å². The molecule has 0 atom stereocenters. The number of rotatable bonds is 7. The van der Waals surface area contributed by atoms with Crippen molar-refractivity contribution in [1.82, 2.24) is 20.2 Å². The normalized spacial score (nSPS) is 22.8. The number of aryl methyl sites for hydroxylation is 1. The number of nitrogens with zero attached hydrogens (tertiary/aromatic N) is 1. The Bertz CT molecular complexity index is 547. The molecule has 114 valence electrons. The Labute approximate surface area is 120 Å². The summed E-state index contributed by atoms with van der Waals surface area (Å²) in [5.74, 6) is 0.610. The highest BCUT2D eigenvalue weighted by molar-refractivity contribution is 7.89. The molecule has 1 heterocycles. The van der Waals surface area contributed by atoms with Gasteiger partial charge in [-0.15, -0.1) is 0 Å². The van der Waals surface area contributed by atoms with Gasteiger partial charge in [-0.3, -0.25) is 5.10 Å². The van der Waals surface area contributed by atoms with Crippen LogP contribution in [0.25, 0.3) is 0 Å². The molecule has 0 saturated heterocycles. The molecule has 1 fully saturated rings. The lowest BCUT2D eigenvalue weighted by Crippen LogP contribution is -2.43. The second-order valence-corrected chi connectivity index (χ2v) is 7.35. The Hall–Kier alpha value is -0.920. The van der Waals surface area contributed by atoms with Gasteiger partial charge < -0.3 is 5.32 Å². The van der Waals surface area contributed by atoms with E-state index in [9.17, 15) is 8.42 Å². The van der Waals surface area contributed by atoms with Crippen molar-refractivity contribution in [2.24, 2.45) is 5.92 Å². The third-order valence-corrected chi connectivity index (χ3v) is 5.37. The molecule has 0 amide bonds. The Kier molecular flexibility index (Phi) is 4.82. The van der Waals surface area contributed by atoms with Gasteiger partial charge in [0.25, 0.3) is 0 Å². The lowest BCUT2D eigenvalue weighted by atomic mass is 9.83. The van der Waals surface area contributed by atoms with E-state index in [-0.39, 0.29) is 6.04 Å². The van der Waals surface area contributed by atoms with E-state index in [0.29, 0.717) is 28.7 Å². The monoisotopic (exact) mass is 300 g/mol. The SMILES string of the molecule is CCCNCc1n[nH]c(C)c1S(=O)(=O)NC1CC(C)C1. The summed E-state index contributed by atoms with van der Waals surface area (Å²) in [7, 11) is -3.48. The van der Waals surface area contributed by atoms with Crippen molar-refractivity contribution >= 4 is 10.0 Å². The summed E-state index contributed by atoms with van der Waals surface area (Å²) in [4.78, 5) is 0.306. The minimum Gasteiger partial charge on any atom is -0.311 e. The molecule has 0 spiro atoms. The Morgan fingerprint density at radius 1 is 1.40 bits per heavy atom. The van der Waals surface area contributed by atoms with Crippen LogP contribution in [-0.2, 0) is 16.6 Å². The first-order valence-electron chi connectivity index (χ1n) is 7.21. The molecule has 1 aliphatic carbocycles. The minimum atomic E-state index is -3.48. The van der Waals surface area contributed by atoms with Crippen LogP contribution in [0.15, 0.2) is 4.90 Å². The fraction of sp³-hybridized carbons (Fsp3) is 0.769. The Morgan fingerprint density at radius 2 is 2.10 bits per heavy atom. The second kappa shape index (κ2) is 6.24. The highest BCUT2D eigenvalue weighted by atomic mass is 32.2. The number of aromatic amines is 1. The van der Waals surface area contributed by atoms with Gasteiger partial charge in [-0.2, -0.15) is 5.10 Å². The standard InChI is InChI=1S/C13H24N4O2S/c1-4-5-14-8-12-13(10(3)15-16-12)20(18,19)17-11-6-9(2)7-11/h9,11,14,17H,4-8H2,1-3H3,(H,15,16). The zero-order chi connectivity index (χ0) is 14.8. The van der Waals surface area contributed by atoms with Crippen molar-refractivity contribution < 1.29 is 8.42 Å². The molecule has 0 bridgehead atoms. The zero-order valence-corrected chi connectivity index (χ0v) is 13.2. The van der Waals surface area contributed by atoms with E-state index >= 15 is 0 Å². The van der Waals surface area contributed by atoms with Gasteiger partial charge in [0, 0.05) is 12.6 Å². The van der Waals surface area contributed by atoms with Crippen molar-refractivity contribution in [2.75, 3.05) is 6.54 Å². The van der Waals surface area contributed by atoms with E-state index in [1.807, 2.05) is 0 Å². The first-order valence-corrected chi connectivity index (χ1v) is 8.69. The molecule has 1 saturated carbocycles. The summed E-state index contributed by atoms with van der Waals surface area (Å²) in [5, 5.41) is 10.1. The maximum absolute atomic E-state index is 12.5. The molecule has 1 aromatic heterocycles. The topological polar surface area (TPSA) is 86.9 Å². The number of hydrogen-bond donors (Lipinski definition) is 3. The second-order valence-electron chi connectivity index (χ2n) is 5.70. The molecule has 3 N–H and O–H groups in total. The summed E-state index contributed by atoms with van der Waals surface area (Å²) in [6, 6.07) is 0.0701. The minimum absolute atomic E-state index is 0.0701. The third kappa shape index (κ3) is 3.39. The van der Waals surface area contributed by atoms with E-state index in [1.165, 1.54) is 0 Å². The summed E-state index contributed by atoms with van der Waals surface area (Å²) >= 11 is 0. The maximum Gasteiger partial charge on any atom is 0.244 e.